The first-order valence-electron chi connectivity index (χ1n) is 19.2. The molecule has 1 N–H and O–H groups in total. The molecule has 0 aromatic heterocycles. The monoisotopic (exact) mass is 754 g/mol. The van der Waals surface area contributed by atoms with Crippen LogP contribution in [0.4, 0.5) is 5.69 Å². The number of methoxy groups -OCH3 is 1. The van der Waals surface area contributed by atoms with Crippen molar-refractivity contribution >= 4 is 40.1 Å². The van der Waals surface area contributed by atoms with E-state index >= 15 is 0 Å². The number of hydrogen-bond donors (Lipinski definition) is 1. The van der Waals surface area contributed by atoms with Crippen LogP contribution in [0, 0.1) is 23.7 Å². The number of fused-ring (bicyclic) bond motifs is 1. The summed E-state index contributed by atoms with van der Waals surface area (Å²) in [5.41, 5.74) is 3.84. The summed E-state index contributed by atoms with van der Waals surface area (Å²) in [6.45, 7) is 16.7. The number of carbonyl (C=O) groups excluding carboxylic acids is 2. The summed E-state index contributed by atoms with van der Waals surface area (Å²) < 4.78 is 28.0. The van der Waals surface area contributed by atoms with Crippen LogP contribution in [0.3, 0.4) is 0 Å². The van der Waals surface area contributed by atoms with Crippen molar-refractivity contribution in [1.82, 2.24) is 14.5 Å². The second kappa shape index (κ2) is 18.9. The summed E-state index contributed by atoms with van der Waals surface area (Å²) in [6.07, 6.45) is 8.28. The molecule has 5 rings (SSSR count). The van der Waals surface area contributed by atoms with Crippen molar-refractivity contribution in [2.24, 2.45) is 23.7 Å². The fourth-order valence-corrected chi connectivity index (χ4v) is 9.38. The number of anilines is 1. The minimum atomic E-state index is -1.56. The Balaban J connectivity index is 1.50. The Kier molecular flexibility index (Phi) is 14.6. The van der Waals surface area contributed by atoms with Crippen LogP contribution in [-0.2, 0) is 26.9 Å². The molecule has 0 radical (unpaired) electrons. The molecule has 3 aliphatic rings. The van der Waals surface area contributed by atoms with Gasteiger partial charge in [0.25, 0.3) is 5.91 Å². The zero-order chi connectivity index (χ0) is 37.4. The number of ether oxygens (including phenoxy) is 2. The zero-order valence-corrected chi connectivity index (χ0v) is 33.5. The van der Waals surface area contributed by atoms with Crippen molar-refractivity contribution in [3.8, 4) is 5.75 Å². The van der Waals surface area contributed by atoms with Crippen molar-refractivity contribution in [3.63, 3.8) is 0 Å². The fourth-order valence-electron chi connectivity index (χ4n) is 8.17. The van der Waals surface area contributed by atoms with E-state index in [4.69, 9.17) is 21.1 Å². The molecule has 7 unspecified atom stereocenters. The molecule has 11 heteroatoms. The normalized spacial score (nSPS) is 28.6. The highest BCUT2D eigenvalue weighted by Crippen LogP contribution is 2.39. The van der Waals surface area contributed by atoms with Gasteiger partial charge in [0.15, 0.2) is 0 Å². The van der Waals surface area contributed by atoms with Crippen molar-refractivity contribution < 1.29 is 23.3 Å². The quantitative estimate of drug-likeness (QED) is 0.285. The van der Waals surface area contributed by atoms with Crippen LogP contribution < -0.4 is 14.4 Å². The van der Waals surface area contributed by atoms with E-state index in [-0.39, 0.29) is 40.7 Å². The van der Waals surface area contributed by atoms with Crippen molar-refractivity contribution in [3.05, 3.63) is 70.3 Å². The minimum absolute atomic E-state index is 0.0901. The van der Waals surface area contributed by atoms with Gasteiger partial charge in [0.1, 0.15) is 16.7 Å². The van der Waals surface area contributed by atoms with Gasteiger partial charge >= 0.3 is 0 Å². The molecule has 0 saturated carbocycles. The maximum atomic E-state index is 13.5. The van der Waals surface area contributed by atoms with Gasteiger partial charge in [0.2, 0.25) is 5.91 Å². The third-order valence-electron chi connectivity index (χ3n) is 11.4. The Morgan fingerprint density at radius 1 is 1.04 bits per heavy atom. The molecule has 1 saturated heterocycles. The molecule has 52 heavy (non-hydrogen) atoms. The first-order chi connectivity index (χ1) is 25.0. The SMILES string of the molecule is CCCc1cc(Cl)ccc1C1COc2ccc3cc2N(C1)CC(C)C(CC)C(CN1CCN(CCOC)C(=O)C1)/C=C/CC(C)C(C)S(=O)NC3=O. The van der Waals surface area contributed by atoms with Gasteiger partial charge in [-0.1, -0.05) is 70.4 Å². The van der Waals surface area contributed by atoms with Crippen molar-refractivity contribution in [2.75, 3.05) is 71.0 Å². The standard InChI is InChI=1S/C41H59ClN4O5S/c1-7-10-31-21-35(42)14-15-37(31)34-25-46-23-29(4)36(8-2)33(24-44-17-18-45(19-20-50-6)40(47)26-44)12-9-11-28(3)30(5)52(49)43-41(48)32-13-16-39(51-27-34)38(46)22-32/h9,12-16,21-22,28-30,33-34,36H,7-8,10-11,17-20,23-27H2,1-6H3,(H,43,48)/b12-9+. The van der Waals surface area contributed by atoms with E-state index in [1.54, 1.807) is 13.2 Å². The molecule has 3 heterocycles. The number of nitrogens with one attached hydrogen (secondary N) is 1. The lowest BCUT2D eigenvalue weighted by Gasteiger charge is -2.39. The Labute approximate surface area is 319 Å². The molecule has 7 atom stereocenters. The highest BCUT2D eigenvalue weighted by Gasteiger charge is 2.34. The zero-order valence-electron chi connectivity index (χ0n) is 31.9. The second-order valence-corrected chi connectivity index (χ2v) is 17.1. The largest absolute Gasteiger partial charge is 0.491 e. The molecule has 2 aromatic carbocycles. The third-order valence-corrected chi connectivity index (χ3v) is 13.2. The number of carbonyl (C=O) groups is 2. The number of amides is 2. The topological polar surface area (TPSA) is 91.4 Å². The molecule has 0 aliphatic carbocycles. The van der Waals surface area contributed by atoms with Crippen molar-refractivity contribution in [1.29, 1.82) is 0 Å². The fraction of sp³-hybridized carbons (Fsp3) is 0.610. The van der Waals surface area contributed by atoms with Gasteiger partial charge in [-0.2, -0.15) is 0 Å². The van der Waals surface area contributed by atoms with Gasteiger partial charge in [0, 0.05) is 62.9 Å². The highest BCUT2D eigenvalue weighted by atomic mass is 35.5. The Morgan fingerprint density at radius 2 is 1.85 bits per heavy atom. The van der Waals surface area contributed by atoms with Crippen LogP contribution in [0.15, 0.2) is 48.6 Å². The molecule has 9 nitrogen and oxygen atoms in total. The van der Waals surface area contributed by atoms with Crippen LogP contribution in [0.25, 0.3) is 0 Å². The number of rotatable bonds is 9. The predicted octanol–water partition coefficient (Wildman–Crippen LogP) is 6.72. The average Bonchev–Trinajstić information content (AvgIpc) is 3.29. The average molecular weight is 755 g/mol. The van der Waals surface area contributed by atoms with E-state index in [1.807, 2.05) is 30.0 Å². The summed E-state index contributed by atoms with van der Waals surface area (Å²) in [7, 11) is 0.112. The smallest absolute Gasteiger partial charge is 0.263 e. The maximum absolute atomic E-state index is 13.5. The number of benzene rings is 2. The number of halogens is 1. The van der Waals surface area contributed by atoms with Gasteiger partial charge in [-0.15, -0.1) is 0 Å². The molecular formula is C41H59ClN4O5S. The van der Waals surface area contributed by atoms with Gasteiger partial charge in [0.05, 0.1) is 30.7 Å². The first-order valence-corrected chi connectivity index (χ1v) is 20.8. The van der Waals surface area contributed by atoms with E-state index in [9.17, 15) is 13.8 Å². The van der Waals surface area contributed by atoms with Crippen LogP contribution in [-0.4, -0.2) is 97.2 Å². The van der Waals surface area contributed by atoms with E-state index in [2.05, 4.69) is 66.5 Å². The summed E-state index contributed by atoms with van der Waals surface area (Å²) in [5, 5.41) is 0.500. The lowest BCUT2D eigenvalue weighted by Crippen LogP contribution is -2.52. The number of nitrogens with zero attached hydrogens (tertiary/aromatic N) is 3. The number of hydrogen-bond acceptors (Lipinski definition) is 7. The minimum Gasteiger partial charge on any atom is -0.491 e. The van der Waals surface area contributed by atoms with E-state index in [0.717, 1.165) is 68.3 Å². The summed E-state index contributed by atoms with van der Waals surface area (Å²) in [6, 6.07) is 11.8. The molecule has 286 valence electrons. The lowest BCUT2D eigenvalue weighted by atomic mass is 9.79. The van der Waals surface area contributed by atoms with E-state index in [0.29, 0.717) is 44.3 Å². The Bertz CT molecular complexity index is 1590. The molecule has 3 aliphatic heterocycles. The van der Waals surface area contributed by atoms with Crippen LogP contribution in [0.5, 0.6) is 5.75 Å². The summed E-state index contributed by atoms with van der Waals surface area (Å²) >= 11 is 6.48. The summed E-state index contributed by atoms with van der Waals surface area (Å²) in [5.74, 6) is 1.56. The first kappa shape index (κ1) is 40.3. The van der Waals surface area contributed by atoms with Crippen LogP contribution >= 0.6 is 11.6 Å². The van der Waals surface area contributed by atoms with Gasteiger partial charge in [-0.25, -0.2) is 4.21 Å². The second-order valence-electron chi connectivity index (χ2n) is 15.1. The lowest BCUT2D eigenvalue weighted by molar-refractivity contribution is -0.137. The summed E-state index contributed by atoms with van der Waals surface area (Å²) in [4.78, 5) is 33.3. The number of aryl methyl sites for hydroxylation is 1. The van der Waals surface area contributed by atoms with E-state index in [1.165, 1.54) is 11.1 Å². The third kappa shape index (κ3) is 9.98. The van der Waals surface area contributed by atoms with Gasteiger partial charge in [-0.05, 0) is 84.9 Å². The van der Waals surface area contributed by atoms with E-state index < -0.39 is 11.0 Å². The molecule has 2 bridgehead atoms. The number of allylic oxidation sites excluding steroid dienone is 1. The van der Waals surface area contributed by atoms with Gasteiger partial charge in [-0.3, -0.25) is 19.2 Å². The highest BCUT2D eigenvalue weighted by molar-refractivity contribution is 7.84. The molecule has 0 spiro atoms. The maximum Gasteiger partial charge on any atom is 0.263 e. The molecular weight excluding hydrogens is 696 g/mol. The van der Waals surface area contributed by atoms with Crippen LogP contribution in [0.1, 0.15) is 81.3 Å². The van der Waals surface area contributed by atoms with Gasteiger partial charge < -0.3 is 19.3 Å². The predicted molar refractivity (Wildman–Crippen MR) is 212 cm³/mol. The number of piperazine rings is 1. The van der Waals surface area contributed by atoms with Crippen molar-refractivity contribution in [2.45, 2.75) is 71.5 Å². The Morgan fingerprint density at radius 3 is 2.58 bits per heavy atom. The molecule has 2 amide bonds. The molecule has 2 aromatic rings. The molecule has 1 fully saturated rings. The van der Waals surface area contributed by atoms with Crippen LogP contribution in [0.2, 0.25) is 5.02 Å². The Hall–Kier alpha value is -2.92.